The molecule has 3 aromatic rings. The molecule has 0 bridgehead atoms. The van der Waals surface area contributed by atoms with Crippen molar-refractivity contribution in [3.63, 3.8) is 0 Å². The van der Waals surface area contributed by atoms with Gasteiger partial charge < -0.3 is 14.8 Å². The number of nitro groups is 2. The number of nitro benzene ring substituents is 1. The van der Waals surface area contributed by atoms with Gasteiger partial charge in [-0.3, -0.25) is 29.7 Å². The van der Waals surface area contributed by atoms with Gasteiger partial charge in [0.1, 0.15) is 29.5 Å². The number of hydrogen-bond acceptors (Lipinski definition) is 8. The summed E-state index contributed by atoms with van der Waals surface area (Å²) in [4.78, 5) is 33.2. The summed E-state index contributed by atoms with van der Waals surface area (Å²) in [7, 11) is 1.49. The molecule has 1 aromatic heterocycles. The third kappa shape index (κ3) is 5.40. The number of halogens is 2. The van der Waals surface area contributed by atoms with Gasteiger partial charge in [-0.1, -0.05) is 0 Å². The largest absolute Gasteiger partial charge is 0.497 e. The highest BCUT2D eigenvalue weighted by molar-refractivity contribution is 5.91. The first-order valence-corrected chi connectivity index (χ1v) is 9.50. The fraction of sp³-hybridized carbons (Fsp3) is 0.200. The van der Waals surface area contributed by atoms with E-state index in [4.69, 9.17) is 9.47 Å². The van der Waals surface area contributed by atoms with Gasteiger partial charge in [0.05, 0.1) is 28.7 Å². The molecule has 0 spiro atoms. The Hall–Kier alpha value is -4.62. The van der Waals surface area contributed by atoms with Crippen LogP contribution in [-0.4, -0.2) is 32.6 Å². The fourth-order valence-corrected chi connectivity index (χ4v) is 3.02. The van der Waals surface area contributed by atoms with Crippen LogP contribution in [0.15, 0.2) is 42.5 Å². The van der Waals surface area contributed by atoms with Crippen LogP contribution in [0.3, 0.4) is 0 Å². The van der Waals surface area contributed by atoms with Gasteiger partial charge in [0.25, 0.3) is 12.1 Å². The van der Waals surface area contributed by atoms with Gasteiger partial charge in [-0.2, -0.15) is 5.10 Å². The van der Waals surface area contributed by atoms with E-state index in [0.29, 0.717) is 11.5 Å². The Labute approximate surface area is 190 Å². The lowest BCUT2D eigenvalue weighted by Gasteiger charge is -2.10. The Morgan fingerprint density at radius 2 is 1.74 bits per heavy atom. The second-order valence-corrected chi connectivity index (χ2v) is 6.83. The number of carbonyl (C=O) groups is 1. The third-order valence-electron chi connectivity index (χ3n) is 4.56. The Kier molecular flexibility index (Phi) is 6.99. The van der Waals surface area contributed by atoms with Crippen LogP contribution in [0.4, 0.5) is 25.8 Å². The van der Waals surface area contributed by atoms with Crippen LogP contribution < -0.4 is 14.8 Å². The fourth-order valence-electron chi connectivity index (χ4n) is 3.02. The Bertz CT molecular complexity index is 1240. The molecule has 0 unspecified atom stereocenters. The number of non-ortho nitro benzene ring substituents is 1. The van der Waals surface area contributed by atoms with E-state index in [1.807, 2.05) is 0 Å². The van der Waals surface area contributed by atoms with E-state index in [9.17, 15) is 33.8 Å². The van der Waals surface area contributed by atoms with Gasteiger partial charge in [0.15, 0.2) is 0 Å². The minimum atomic E-state index is -3.21. The van der Waals surface area contributed by atoms with Gasteiger partial charge in [-0.05, 0) is 31.2 Å². The first kappa shape index (κ1) is 24.0. The number of methoxy groups -OCH3 is 1. The summed E-state index contributed by atoms with van der Waals surface area (Å²) < 4.78 is 37.6. The number of ether oxygens (including phenoxy) is 2. The van der Waals surface area contributed by atoms with E-state index in [-0.39, 0.29) is 22.8 Å². The molecule has 0 atom stereocenters. The number of rotatable bonds is 9. The third-order valence-corrected chi connectivity index (χ3v) is 4.56. The molecule has 0 aliphatic rings. The van der Waals surface area contributed by atoms with Crippen LogP contribution in [0, 0.1) is 27.2 Å². The van der Waals surface area contributed by atoms with Gasteiger partial charge in [0.2, 0.25) is 11.6 Å². The van der Waals surface area contributed by atoms with E-state index >= 15 is 0 Å². The number of nitrogens with zero attached hydrogens (tertiary/aromatic N) is 4. The van der Waals surface area contributed by atoms with E-state index in [0.717, 1.165) is 16.8 Å². The van der Waals surface area contributed by atoms with E-state index < -0.39 is 40.1 Å². The highest BCUT2D eigenvalue weighted by Gasteiger charge is 2.31. The monoisotopic (exact) mass is 477 g/mol. The standard InChI is InChI=1S/C20H17F2N5O7/c1-11-19(27(31)32)18(20(21)22)24-25(11)10-17(28)23-12-7-13(26(29)30)9-16(8-12)34-15-5-3-14(33-2)4-6-15/h3-9,20H,10H2,1-2H3,(H,23,28). The first-order chi connectivity index (χ1) is 16.1. The van der Waals surface area contributed by atoms with Crippen molar-refractivity contribution < 1.29 is 32.9 Å². The van der Waals surface area contributed by atoms with Crippen molar-refractivity contribution in [2.24, 2.45) is 0 Å². The number of aromatic nitrogens is 2. The zero-order valence-electron chi connectivity index (χ0n) is 17.7. The van der Waals surface area contributed by atoms with Gasteiger partial charge in [-0.15, -0.1) is 0 Å². The predicted octanol–water partition coefficient (Wildman–Crippen LogP) is 4.39. The Morgan fingerprint density at radius 1 is 1.09 bits per heavy atom. The molecule has 1 amide bonds. The zero-order chi connectivity index (χ0) is 25.0. The van der Waals surface area contributed by atoms with Crippen molar-refractivity contribution in [3.05, 3.63) is 74.1 Å². The lowest BCUT2D eigenvalue weighted by Crippen LogP contribution is -2.20. The molecule has 178 valence electrons. The van der Waals surface area contributed by atoms with Crippen molar-refractivity contribution >= 4 is 23.0 Å². The summed E-state index contributed by atoms with van der Waals surface area (Å²) in [6.07, 6.45) is -3.21. The maximum absolute atomic E-state index is 13.1. The molecule has 0 aliphatic heterocycles. The van der Waals surface area contributed by atoms with Gasteiger partial charge in [-0.25, -0.2) is 8.78 Å². The summed E-state index contributed by atoms with van der Waals surface area (Å²) in [5.41, 5.74) is -2.57. The van der Waals surface area contributed by atoms with Crippen molar-refractivity contribution in [2.45, 2.75) is 19.9 Å². The molecule has 3 rings (SSSR count). The van der Waals surface area contributed by atoms with Crippen LogP contribution in [0.5, 0.6) is 17.2 Å². The van der Waals surface area contributed by atoms with Crippen LogP contribution in [0.2, 0.25) is 0 Å². The van der Waals surface area contributed by atoms with Gasteiger partial charge >= 0.3 is 5.69 Å². The number of hydrogen-bond donors (Lipinski definition) is 1. The Balaban J connectivity index is 1.83. The number of nitrogens with one attached hydrogen (secondary N) is 1. The highest BCUT2D eigenvalue weighted by Crippen LogP contribution is 2.32. The molecule has 12 nitrogen and oxygen atoms in total. The molecule has 2 aromatic carbocycles. The molecule has 0 saturated heterocycles. The molecule has 14 heteroatoms. The number of alkyl halides is 2. The van der Waals surface area contributed by atoms with Crippen LogP contribution >= 0.6 is 0 Å². The normalized spacial score (nSPS) is 10.7. The second-order valence-electron chi connectivity index (χ2n) is 6.83. The van der Waals surface area contributed by atoms with Crippen LogP contribution in [-0.2, 0) is 11.3 Å². The van der Waals surface area contributed by atoms with E-state index in [2.05, 4.69) is 10.4 Å². The lowest BCUT2D eigenvalue weighted by molar-refractivity contribution is -0.386. The maximum atomic E-state index is 13.1. The van der Waals surface area contributed by atoms with E-state index in [1.54, 1.807) is 24.3 Å². The molecule has 0 saturated carbocycles. The van der Waals surface area contributed by atoms with Crippen LogP contribution in [0.1, 0.15) is 17.8 Å². The summed E-state index contributed by atoms with van der Waals surface area (Å²) in [5, 5.41) is 28.2. The topological polar surface area (TPSA) is 152 Å². The van der Waals surface area contributed by atoms with Gasteiger partial charge in [0, 0.05) is 12.1 Å². The highest BCUT2D eigenvalue weighted by atomic mass is 19.3. The summed E-state index contributed by atoms with van der Waals surface area (Å²) >= 11 is 0. The van der Waals surface area contributed by atoms with E-state index in [1.165, 1.54) is 20.1 Å². The molecule has 0 aliphatic carbocycles. The van der Waals surface area contributed by atoms with Crippen molar-refractivity contribution in [1.82, 2.24) is 9.78 Å². The first-order valence-electron chi connectivity index (χ1n) is 9.50. The molecule has 1 N–H and O–H groups in total. The zero-order valence-corrected chi connectivity index (χ0v) is 17.7. The lowest BCUT2D eigenvalue weighted by atomic mass is 10.2. The smallest absolute Gasteiger partial charge is 0.319 e. The second kappa shape index (κ2) is 9.89. The molecule has 0 radical (unpaired) electrons. The molecule has 0 fully saturated rings. The summed E-state index contributed by atoms with van der Waals surface area (Å²) in [6.45, 7) is 0.537. The maximum Gasteiger partial charge on any atom is 0.319 e. The number of benzene rings is 2. The number of carbonyl (C=O) groups excluding carboxylic acids is 1. The molecule has 1 heterocycles. The average molecular weight is 477 g/mol. The quantitative estimate of drug-likeness (QED) is 0.352. The molecule has 34 heavy (non-hydrogen) atoms. The van der Waals surface area contributed by atoms with Crippen molar-refractivity contribution in [2.75, 3.05) is 12.4 Å². The van der Waals surface area contributed by atoms with Crippen LogP contribution in [0.25, 0.3) is 0 Å². The molecular weight excluding hydrogens is 460 g/mol. The Morgan fingerprint density at radius 3 is 2.26 bits per heavy atom. The van der Waals surface area contributed by atoms with Crippen molar-refractivity contribution in [3.8, 4) is 17.2 Å². The summed E-state index contributed by atoms with van der Waals surface area (Å²) in [6, 6.07) is 9.92. The van der Waals surface area contributed by atoms with Crippen molar-refractivity contribution in [1.29, 1.82) is 0 Å². The molecular formula is C20H17F2N5O7. The predicted molar refractivity (Wildman–Crippen MR) is 113 cm³/mol. The average Bonchev–Trinajstić information content (AvgIpc) is 3.10. The minimum Gasteiger partial charge on any atom is -0.497 e. The number of anilines is 1. The minimum absolute atomic E-state index is 0.0175. The summed E-state index contributed by atoms with van der Waals surface area (Å²) in [5.74, 6) is 0.152. The SMILES string of the molecule is COc1ccc(Oc2cc(NC(=O)Cn3nc(C(F)F)c([N+](=O)[O-])c3C)cc([N+](=O)[O-])c2)cc1. The number of amides is 1.